The third-order valence-electron chi connectivity index (χ3n) is 17.3. The van der Waals surface area contributed by atoms with Crippen molar-refractivity contribution >= 4 is 117 Å². The summed E-state index contributed by atoms with van der Waals surface area (Å²) >= 11 is 1.29. The number of carboxylic acid groups (broad SMARTS) is 3. The molecule has 12 amide bonds. The summed E-state index contributed by atoms with van der Waals surface area (Å²) in [4.78, 5) is 218. The molecule has 4 aromatic rings. The van der Waals surface area contributed by atoms with Crippen molar-refractivity contribution in [3.05, 3.63) is 84.1 Å². The number of thioether (sulfide) groups is 1. The van der Waals surface area contributed by atoms with Gasteiger partial charge in [-0.2, -0.15) is 11.8 Å². The zero-order valence-corrected chi connectivity index (χ0v) is 62.0. The highest BCUT2D eigenvalue weighted by molar-refractivity contribution is 7.98. The molecule has 592 valence electrons. The first-order valence-corrected chi connectivity index (χ1v) is 36.3. The minimum absolute atomic E-state index is 0.0797. The normalized spacial score (nSPS) is 15.3. The third-order valence-corrected chi connectivity index (χ3v) is 17.9. The van der Waals surface area contributed by atoms with Crippen LogP contribution in [0.3, 0.4) is 0 Å². The zero-order valence-electron chi connectivity index (χ0n) is 61.2. The summed E-state index contributed by atoms with van der Waals surface area (Å²) in [5.41, 5.74) is 18.4. The van der Waals surface area contributed by atoms with Crippen LogP contribution in [0, 0.1) is 11.8 Å². The van der Waals surface area contributed by atoms with Gasteiger partial charge in [0.05, 0.1) is 45.6 Å². The van der Waals surface area contributed by atoms with Crippen molar-refractivity contribution in [1.29, 1.82) is 0 Å². The highest BCUT2D eigenvalue weighted by atomic mass is 32.2. The Morgan fingerprint density at radius 2 is 1.13 bits per heavy atom. The quantitative estimate of drug-likeness (QED) is 0.0147. The Morgan fingerprint density at radius 1 is 0.583 bits per heavy atom. The lowest BCUT2D eigenvalue weighted by atomic mass is 10.0. The molecule has 21 N–H and O–H groups in total. The maximum Gasteiger partial charge on any atom is 0.317 e. The number of imidazole rings is 1. The van der Waals surface area contributed by atoms with Gasteiger partial charge in [-0.1, -0.05) is 45.9 Å². The lowest BCUT2D eigenvalue weighted by Crippen LogP contribution is -2.63. The molecule has 0 aliphatic carbocycles. The number of para-hydroxylation sites is 1. The summed E-state index contributed by atoms with van der Waals surface area (Å²) in [5, 5.41) is 50.8. The van der Waals surface area contributed by atoms with Crippen LogP contribution in [0.15, 0.2) is 67.3 Å². The number of aliphatic carboxylic acids is 3. The molecule has 0 bridgehead atoms. The number of H-pyrrole nitrogens is 2. The monoisotopic (exact) mass is 1530 g/mol. The van der Waals surface area contributed by atoms with Crippen molar-refractivity contribution in [2.75, 3.05) is 109 Å². The number of benzene rings is 2. The highest BCUT2D eigenvalue weighted by Crippen LogP contribution is 2.21. The summed E-state index contributed by atoms with van der Waals surface area (Å²) in [7, 11) is 0. The molecule has 0 radical (unpaired) electrons. The van der Waals surface area contributed by atoms with Crippen LogP contribution in [-0.2, 0) is 80.0 Å². The number of aromatic amines is 2. The van der Waals surface area contributed by atoms with Gasteiger partial charge in [-0.05, 0) is 85.9 Å². The van der Waals surface area contributed by atoms with E-state index in [0.29, 0.717) is 32.9 Å². The number of amides is 12. The maximum atomic E-state index is 14.9. The summed E-state index contributed by atoms with van der Waals surface area (Å²) < 4.78 is 0. The van der Waals surface area contributed by atoms with E-state index in [-0.39, 0.29) is 121 Å². The second-order valence-corrected chi connectivity index (χ2v) is 27.6. The number of nitrogens with zero attached hydrogens (tertiary/aromatic N) is 6. The predicted molar refractivity (Wildman–Crippen MR) is 394 cm³/mol. The van der Waals surface area contributed by atoms with Crippen LogP contribution in [0.1, 0.15) is 81.9 Å². The van der Waals surface area contributed by atoms with Gasteiger partial charge in [-0.15, -0.1) is 0 Å². The largest absolute Gasteiger partial charge is 0.480 e. The van der Waals surface area contributed by atoms with Crippen LogP contribution in [0.2, 0.25) is 0 Å². The van der Waals surface area contributed by atoms with E-state index in [4.69, 9.17) is 17.3 Å². The van der Waals surface area contributed by atoms with Crippen LogP contribution < -0.4 is 70.7 Å². The molecule has 3 heterocycles. The topological polar surface area (TPSA) is 576 Å². The Balaban J connectivity index is 1.28. The highest BCUT2D eigenvalue weighted by Gasteiger charge is 2.38. The number of hydrogen-bond donors (Lipinski definition) is 18. The van der Waals surface area contributed by atoms with Crippen LogP contribution >= 0.6 is 11.8 Å². The van der Waals surface area contributed by atoms with Crippen LogP contribution in [-0.4, -0.2) is 290 Å². The molecule has 39 nitrogen and oxygen atoms in total. The summed E-state index contributed by atoms with van der Waals surface area (Å²) in [6.07, 6.45) is 4.81. The molecule has 5 rings (SSSR count). The van der Waals surface area contributed by atoms with Gasteiger partial charge in [0, 0.05) is 112 Å². The van der Waals surface area contributed by atoms with Gasteiger partial charge in [0.15, 0.2) is 0 Å². The molecule has 2 aromatic heterocycles. The number of nitrogens with two attached hydrogens (primary N) is 3. The fraction of sp³-hybridized carbons (Fsp3) is 0.529. The SMILES string of the molecule is CSCC[C@@H](C(N)=O)N(NC(=O)CNC(=O)CN1CCN(CC(=O)O)CCN(CC(=O)O)CCN(CC(=O)O)CC1)C(=O)[C@H](CC(C)C)NC(=O)[C@H](Cc1cnc[nH]1)NC(=O)CNC(=O)[C@@H](NC(=O)[C@H](C)NC(=O)[C@H](Cc1c[nH]c2ccccc12)NC(=O)[C@H](CCC(N)=O)NC(=O)c1ccc(NN)cc1)C(C)C. The molecule has 1 saturated heterocycles. The smallest absolute Gasteiger partial charge is 0.317 e. The number of rotatable bonds is 41. The molecule has 1 fully saturated rings. The number of aromatic nitrogens is 3. The van der Waals surface area contributed by atoms with E-state index < -0.39 is 163 Å². The van der Waals surface area contributed by atoms with E-state index in [1.165, 1.54) is 55.5 Å². The minimum atomic E-state index is -1.54. The van der Waals surface area contributed by atoms with Gasteiger partial charge in [0.1, 0.15) is 42.3 Å². The van der Waals surface area contributed by atoms with Gasteiger partial charge in [-0.25, -0.2) is 9.99 Å². The second-order valence-electron chi connectivity index (χ2n) is 26.7. The Kier molecular flexibility index (Phi) is 36.1. The van der Waals surface area contributed by atoms with Gasteiger partial charge >= 0.3 is 17.9 Å². The Labute approximate surface area is 627 Å². The number of primary amides is 2. The molecule has 0 saturated carbocycles. The van der Waals surface area contributed by atoms with Crippen molar-refractivity contribution in [2.45, 2.75) is 115 Å². The number of fused-ring (bicyclic) bond motifs is 1. The fourth-order valence-corrected chi connectivity index (χ4v) is 12.0. The lowest BCUT2D eigenvalue weighted by molar-refractivity contribution is -0.151. The van der Waals surface area contributed by atoms with E-state index in [1.807, 2.05) is 0 Å². The lowest BCUT2D eigenvalue weighted by Gasteiger charge is -2.34. The summed E-state index contributed by atoms with van der Waals surface area (Å²) in [6.45, 7) is 5.68. The van der Waals surface area contributed by atoms with Crippen molar-refractivity contribution in [3.8, 4) is 0 Å². The maximum absolute atomic E-state index is 14.9. The molecular formula is C68H101N21O18S. The Morgan fingerprint density at radius 3 is 1.66 bits per heavy atom. The number of carbonyl (C=O) groups excluding carboxylic acids is 12. The number of carbonyl (C=O) groups is 15. The van der Waals surface area contributed by atoms with E-state index >= 15 is 0 Å². The number of anilines is 1. The molecule has 0 unspecified atom stereocenters. The predicted octanol–water partition coefficient (Wildman–Crippen LogP) is -4.65. The second kappa shape index (κ2) is 44.3. The van der Waals surface area contributed by atoms with Crippen molar-refractivity contribution < 1.29 is 87.2 Å². The molecule has 0 spiro atoms. The number of nitrogen functional groups attached to an aromatic ring is 1. The average Bonchev–Trinajstić information content (AvgIpc) is 1.51. The van der Waals surface area contributed by atoms with Crippen LogP contribution in [0.4, 0.5) is 5.69 Å². The van der Waals surface area contributed by atoms with E-state index in [1.54, 1.807) is 84.0 Å². The molecule has 108 heavy (non-hydrogen) atoms. The molecule has 2 aromatic carbocycles. The Bertz CT molecular complexity index is 3720. The Hall–Kier alpha value is -10.8. The molecule has 40 heteroatoms. The molecule has 1 aliphatic heterocycles. The van der Waals surface area contributed by atoms with Crippen LogP contribution in [0.25, 0.3) is 10.9 Å². The van der Waals surface area contributed by atoms with Gasteiger partial charge in [-0.3, -0.25) is 103 Å². The summed E-state index contributed by atoms with van der Waals surface area (Å²) in [5.74, 6) is -9.37. The van der Waals surface area contributed by atoms with Gasteiger partial charge < -0.3 is 84.7 Å². The van der Waals surface area contributed by atoms with E-state index in [2.05, 4.69) is 68.3 Å². The van der Waals surface area contributed by atoms with E-state index in [0.717, 1.165) is 0 Å². The number of hydrogen-bond acceptors (Lipinski definition) is 23. The zero-order chi connectivity index (χ0) is 79.7. The first-order valence-electron chi connectivity index (χ1n) is 34.9. The number of nitrogens with one attached hydrogen (secondary N) is 12. The summed E-state index contributed by atoms with van der Waals surface area (Å²) in [6, 6.07) is 2.96. The first kappa shape index (κ1) is 87.8. The van der Waals surface area contributed by atoms with Crippen LogP contribution in [0.5, 0.6) is 0 Å². The van der Waals surface area contributed by atoms with E-state index in [9.17, 15) is 87.2 Å². The van der Waals surface area contributed by atoms with Crippen molar-refractivity contribution in [1.82, 2.24) is 87.5 Å². The molecule has 1 aliphatic rings. The number of carboxylic acids is 3. The fourth-order valence-electron chi connectivity index (χ4n) is 11.5. The standard InChI is InChI=1S/C68H101N21O18S/c1-39(2)27-51(68(107)89(52(61(70)100)17-26-108-6)84-55(92)33-74-56(93)34-85-18-20-86(35-57(94)95)22-24-88(37-59(98)99)25-23-87(21-19-85)36-58(96)97)81-66(105)50(29-45-31-72-38-76-45)78-54(91)32-75-67(106)60(40(3)4)82-62(101)41(5)77-65(104)49(28-43-30-73-47-10-8-7-9-46(43)47)80-64(103)48(15-16-53(69)90)79-63(102)42-11-13-44(83-71)14-12-42/h7-14,30-31,38-41,48-52,60,73,83H,15-29,32-37,71H2,1-6H3,(H2,69,90)(H2,70,100)(H,72,76)(H,74,93)(H,75,106)(H,77,104)(H,78,91)(H,79,102)(H,80,103)(H,81,105)(H,82,101)(H,84,92)(H,94,95)(H,96,97)(H,98,99)/t41-,48-,49-,50-,51-,52-,60-/m0/s1. The third kappa shape index (κ3) is 30.2. The van der Waals surface area contributed by atoms with Gasteiger partial charge in [0.2, 0.25) is 53.2 Å². The average molecular weight is 1530 g/mol. The first-order chi connectivity index (χ1) is 51.2. The molecular weight excluding hydrogens is 1430 g/mol. The van der Waals surface area contributed by atoms with Crippen molar-refractivity contribution in [3.63, 3.8) is 0 Å². The minimum Gasteiger partial charge on any atom is -0.480 e. The number of hydrazine groups is 2. The molecule has 7 atom stereocenters. The van der Waals surface area contributed by atoms with Gasteiger partial charge in [0.25, 0.3) is 17.7 Å². The van der Waals surface area contributed by atoms with Crippen molar-refractivity contribution in [2.24, 2.45) is 29.1 Å².